The highest BCUT2D eigenvalue weighted by atomic mass is 35.5. The van der Waals surface area contributed by atoms with Gasteiger partial charge >= 0.3 is 24.0 Å². The van der Waals surface area contributed by atoms with Crippen LogP contribution in [0.1, 0.15) is 16.1 Å². The summed E-state index contributed by atoms with van der Waals surface area (Å²) < 4.78 is 97.9. The molecule has 3 aromatic rings. The monoisotopic (exact) mass is 503 g/mol. The van der Waals surface area contributed by atoms with E-state index in [0.717, 1.165) is 4.68 Å². The molecule has 0 fully saturated rings. The van der Waals surface area contributed by atoms with Crippen LogP contribution in [-0.2, 0) is 10.4 Å². The van der Waals surface area contributed by atoms with Crippen LogP contribution in [0.4, 0.5) is 30.7 Å². The molecule has 14 heteroatoms. The smallest absolute Gasteiger partial charge is 0.435 e. The Labute approximate surface area is 184 Å². The molecule has 32 heavy (non-hydrogen) atoms. The summed E-state index contributed by atoms with van der Waals surface area (Å²) in [5.74, 6) is -0.644. The second kappa shape index (κ2) is 8.00. The van der Waals surface area contributed by atoms with Crippen LogP contribution in [0.3, 0.4) is 0 Å². The van der Waals surface area contributed by atoms with Gasteiger partial charge in [-0.25, -0.2) is 13.9 Å². The van der Waals surface area contributed by atoms with Gasteiger partial charge in [-0.05, 0) is 18.2 Å². The predicted octanol–water partition coefficient (Wildman–Crippen LogP) is 6.25. The molecule has 0 atom stereocenters. The van der Waals surface area contributed by atoms with Crippen LogP contribution in [0.25, 0.3) is 16.8 Å². The van der Waals surface area contributed by atoms with E-state index in [2.05, 4.69) is 14.8 Å². The van der Waals surface area contributed by atoms with E-state index in [4.69, 9.17) is 23.2 Å². The van der Waals surface area contributed by atoms with E-state index in [1.807, 2.05) is 0 Å². The molecule has 0 radical (unpaired) electrons. The normalized spacial score (nSPS) is 12.8. The Hall–Kier alpha value is -2.73. The average molecular weight is 504 g/mol. The summed E-state index contributed by atoms with van der Waals surface area (Å²) in [7, 11) is 1.18. The molecule has 0 bridgehead atoms. The van der Waals surface area contributed by atoms with E-state index in [-0.39, 0.29) is 23.5 Å². The molecule has 2 heterocycles. The highest BCUT2D eigenvalue weighted by molar-refractivity contribution is 6.37. The second-order valence-electron chi connectivity index (χ2n) is 6.41. The van der Waals surface area contributed by atoms with E-state index in [9.17, 15) is 35.5 Å². The molecule has 0 unspecified atom stereocenters. The van der Waals surface area contributed by atoms with Gasteiger partial charge in [0, 0.05) is 29.1 Å². The number of aromatic nitrogens is 3. The molecule has 0 aliphatic carbocycles. The van der Waals surface area contributed by atoms with Gasteiger partial charge in [-0.1, -0.05) is 23.2 Å². The maximum absolute atomic E-state index is 14.3. The highest BCUT2D eigenvalue weighted by Gasteiger charge is 2.73. The van der Waals surface area contributed by atoms with Crippen molar-refractivity contribution in [3.05, 3.63) is 58.1 Å². The van der Waals surface area contributed by atoms with Gasteiger partial charge in [0.15, 0.2) is 0 Å². The maximum atomic E-state index is 14.3. The summed E-state index contributed by atoms with van der Waals surface area (Å²) in [5.41, 5.74) is -6.82. The Morgan fingerprint density at radius 1 is 1.00 bits per heavy atom. The number of nitrogens with one attached hydrogen (secondary N) is 1. The maximum Gasteiger partial charge on any atom is 0.435 e. The number of hydrogen-bond acceptors (Lipinski definition) is 3. The molecule has 0 saturated heterocycles. The number of esters is 1. The van der Waals surface area contributed by atoms with Gasteiger partial charge in [-0.3, -0.25) is 0 Å². The third-order valence-corrected chi connectivity index (χ3v) is 5.01. The fourth-order valence-corrected chi connectivity index (χ4v) is 3.51. The molecule has 1 N–H and O–H groups in total. The molecule has 0 aliphatic heterocycles. The van der Waals surface area contributed by atoms with Gasteiger partial charge in [0.2, 0.25) is 0 Å². The van der Waals surface area contributed by atoms with Crippen LogP contribution in [0.15, 0.2) is 36.8 Å². The number of halogens is 9. The summed E-state index contributed by atoms with van der Waals surface area (Å²) in [6, 6.07) is 1.80. The van der Waals surface area contributed by atoms with Crippen molar-refractivity contribution in [3.63, 3.8) is 0 Å². The van der Waals surface area contributed by atoms with Crippen LogP contribution in [0, 0.1) is 0 Å². The first kappa shape index (κ1) is 23.9. The Balaban J connectivity index is 2.05. The summed E-state index contributed by atoms with van der Waals surface area (Å²) in [6.07, 6.45) is -8.62. The van der Waals surface area contributed by atoms with Crippen LogP contribution in [0.2, 0.25) is 10.0 Å². The van der Waals surface area contributed by atoms with Gasteiger partial charge in [0.25, 0.3) is 0 Å². The molecule has 1 aromatic carbocycles. The lowest BCUT2D eigenvalue weighted by atomic mass is 9.94. The van der Waals surface area contributed by atoms with Crippen molar-refractivity contribution < 1.29 is 40.3 Å². The number of hydrogen-bond donors (Lipinski definition) is 1. The SMILES string of the molecule is COC(=O)c1cc(-c2cnn(-c3c(Cl)cc(C(F)(C(F)(F)F)C(F)(F)F)cc3Cl)c2)c[nH]1. The Kier molecular flexibility index (Phi) is 5.98. The van der Waals surface area contributed by atoms with Gasteiger partial charge < -0.3 is 9.72 Å². The molecule has 2 aromatic heterocycles. The molecule has 0 saturated carbocycles. The number of rotatable bonds is 4. The molecular weight excluding hydrogens is 494 g/mol. The molecular formula is C18H10Cl2F7N3O2. The number of benzene rings is 1. The van der Waals surface area contributed by atoms with E-state index >= 15 is 0 Å². The summed E-state index contributed by atoms with van der Waals surface area (Å²) in [6.45, 7) is 0. The average Bonchev–Trinajstić information content (AvgIpc) is 3.34. The number of aromatic amines is 1. The molecule has 0 amide bonds. The minimum atomic E-state index is -6.32. The first-order chi connectivity index (χ1) is 14.7. The zero-order valence-electron chi connectivity index (χ0n) is 15.6. The van der Waals surface area contributed by atoms with Gasteiger partial charge in [0.1, 0.15) is 11.4 Å². The van der Waals surface area contributed by atoms with Crippen molar-refractivity contribution in [1.29, 1.82) is 0 Å². The fourth-order valence-electron chi connectivity index (χ4n) is 2.85. The topological polar surface area (TPSA) is 59.9 Å². The third kappa shape index (κ3) is 3.92. The van der Waals surface area contributed by atoms with Crippen molar-refractivity contribution in [2.24, 2.45) is 0 Å². The Morgan fingerprint density at radius 2 is 1.56 bits per heavy atom. The minimum Gasteiger partial charge on any atom is -0.464 e. The van der Waals surface area contributed by atoms with E-state index < -0.39 is 39.6 Å². The van der Waals surface area contributed by atoms with Gasteiger partial charge in [-0.2, -0.15) is 31.4 Å². The van der Waals surface area contributed by atoms with Crippen LogP contribution >= 0.6 is 23.2 Å². The predicted molar refractivity (Wildman–Crippen MR) is 99.6 cm³/mol. The van der Waals surface area contributed by atoms with E-state index in [0.29, 0.717) is 11.1 Å². The Morgan fingerprint density at radius 3 is 2.06 bits per heavy atom. The fraction of sp³-hybridized carbons (Fsp3) is 0.222. The lowest BCUT2D eigenvalue weighted by Gasteiger charge is -2.30. The van der Waals surface area contributed by atoms with Crippen molar-refractivity contribution in [2.45, 2.75) is 18.0 Å². The van der Waals surface area contributed by atoms with Crippen molar-refractivity contribution >= 4 is 29.2 Å². The first-order valence-corrected chi connectivity index (χ1v) is 9.10. The number of methoxy groups -OCH3 is 1. The van der Waals surface area contributed by atoms with E-state index in [1.165, 1.54) is 31.8 Å². The summed E-state index contributed by atoms with van der Waals surface area (Å²) in [4.78, 5) is 14.2. The number of alkyl halides is 7. The number of carbonyl (C=O) groups excluding carboxylic acids is 1. The van der Waals surface area contributed by atoms with Crippen LogP contribution in [0.5, 0.6) is 0 Å². The zero-order valence-corrected chi connectivity index (χ0v) is 17.1. The number of ether oxygens (including phenoxy) is 1. The largest absolute Gasteiger partial charge is 0.464 e. The third-order valence-electron chi connectivity index (χ3n) is 4.43. The highest BCUT2D eigenvalue weighted by Crippen LogP contribution is 2.54. The lowest BCUT2D eigenvalue weighted by Crippen LogP contribution is -2.50. The lowest BCUT2D eigenvalue weighted by molar-refractivity contribution is -0.348. The summed E-state index contributed by atoms with van der Waals surface area (Å²) in [5, 5.41) is 2.51. The van der Waals surface area contributed by atoms with Gasteiger partial charge in [0.05, 0.1) is 23.4 Å². The van der Waals surface area contributed by atoms with Crippen LogP contribution < -0.4 is 0 Å². The van der Waals surface area contributed by atoms with Gasteiger partial charge in [-0.15, -0.1) is 0 Å². The number of nitrogens with zero attached hydrogens (tertiary/aromatic N) is 2. The zero-order chi connectivity index (χ0) is 24.1. The quantitative estimate of drug-likeness (QED) is 0.338. The van der Waals surface area contributed by atoms with Crippen molar-refractivity contribution in [2.75, 3.05) is 7.11 Å². The Bertz CT molecular complexity index is 1130. The minimum absolute atomic E-state index is 0.120. The number of carbonyl (C=O) groups is 1. The standard InChI is InChI=1S/C18H10Cl2F7N3O2/c1-32-15(31)13-2-8(5-28-13)9-6-29-30(7-9)14-11(19)3-10(4-12(14)20)16(21,17(22,23)24)18(25,26)27/h2-7,28H,1H3. The number of H-pyrrole nitrogens is 1. The molecule has 5 nitrogen and oxygen atoms in total. The van der Waals surface area contributed by atoms with Crippen molar-refractivity contribution in [3.8, 4) is 16.8 Å². The van der Waals surface area contributed by atoms with Crippen molar-refractivity contribution in [1.82, 2.24) is 14.8 Å². The molecule has 0 spiro atoms. The van der Waals surface area contributed by atoms with Crippen LogP contribution in [-0.4, -0.2) is 40.2 Å². The van der Waals surface area contributed by atoms with E-state index in [1.54, 1.807) is 0 Å². The molecule has 0 aliphatic rings. The first-order valence-electron chi connectivity index (χ1n) is 8.34. The molecule has 3 rings (SSSR count). The second-order valence-corrected chi connectivity index (χ2v) is 7.22. The molecule has 172 valence electrons. The summed E-state index contributed by atoms with van der Waals surface area (Å²) >= 11 is 11.8.